The van der Waals surface area contributed by atoms with E-state index >= 15 is 0 Å². The summed E-state index contributed by atoms with van der Waals surface area (Å²) in [5, 5.41) is 9.61. The second-order valence-electron chi connectivity index (χ2n) is 13.0. The molecule has 0 aromatic heterocycles. The van der Waals surface area contributed by atoms with Crippen molar-refractivity contribution in [3.8, 4) is 11.1 Å². The maximum Gasteiger partial charge on any atom is 0.261 e. The van der Waals surface area contributed by atoms with Gasteiger partial charge in [0, 0.05) is 24.6 Å². The number of amides is 2. The monoisotopic (exact) mass is 652 g/mol. The largest absolute Gasteiger partial charge is 0.392 e. The number of hydrogen-bond donors (Lipinski definition) is 1. The molecule has 2 aliphatic heterocycles. The van der Waals surface area contributed by atoms with Crippen LogP contribution in [0.25, 0.3) is 11.1 Å². The molecule has 7 rings (SSSR count). The maximum atomic E-state index is 13.1. The summed E-state index contributed by atoms with van der Waals surface area (Å²) in [6.45, 7) is 3.89. The molecule has 0 aliphatic carbocycles. The lowest BCUT2D eigenvalue weighted by atomic mass is 9.90. The van der Waals surface area contributed by atoms with Gasteiger partial charge in [0.2, 0.25) is 0 Å². The van der Waals surface area contributed by atoms with Crippen LogP contribution in [0.3, 0.4) is 0 Å². The third-order valence-corrected chi connectivity index (χ3v) is 9.63. The Morgan fingerprint density at radius 3 is 1.92 bits per heavy atom. The highest BCUT2D eigenvalue weighted by Crippen LogP contribution is 2.42. The van der Waals surface area contributed by atoms with Crippen molar-refractivity contribution in [2.75, 3.05) is 13.6 Å². The quantitative estimate of drug-likeness (QED) is 0.157. The summed E-state index contributed by atoms with van der Waals surface area (Å²) in [5.74, 6) is -0.463. The number of aliphatic hydroxyl groups excluding tert-OH is 1. The molecule has 0 unspecified atom stereocenters. The molecular weight excluding hydrogens is 612 g/mol. The van der Waals surface area contributed by atoms with Crippen molar-refractivity contribution in [3.63, 3.8) is 0 Å². The van der Waals surface area contributed by atoms with Crippen molar-refractivity contribution in [3.05, 3.63) is 166 Å². The Morgan fingerprint density at radius 2 is 1.27 bits per heavy atom. The van der Waals surface area contributed by atoms with Gasteiger partial charge in [-0.2, -0.15) is 0 Å². The lowest BCUT2D eigenvalue weighted by Crippen LogP contribution is -2.43. The van der Waals surface area contributed by atoms with Gasteiger partial charge in [0.05, 0.1) is 36.5 Å². The summed E-state index contributed by atoms with van der Waals surface area (Å²) < 4.78 is 13.4. The van der Waals surface area contributed by atoms with E-state index in [2.05, 4.69) is 43.1 Å². The van der Waals surface area contributed by atoms with Gasteiger partial charge in [-0.05, 0) is 52.6 Å². The van der Waals surface area contributed by atoms with Crippen LogP contribution in [0, 0.1) is 5.92 Å². The first-order valence-corrected chi connectivity index (χ1v) is 16.8. The number of hydrogen-bond acceptors (Lipinski definition) is 6. The normalized spacial score (nSPS) is 20.5. The third kappa shape index (κ3) is 6.84. The van der Waals surface area contributed by atoms with Crippen LogP contribution in [0.5, 0.6) is 0 Å². The van der Waals surface area contributed by atoms with Crippen LogP contribution in [0.4, 0.5) is 0 Å². The first-order chi connectivity index (χ1) is 23.9. The van der Waals surface area contributed by atoms with Crippen molar-refractivity contribution in [1.82, 2.24) is 9.80 Å². The van der Waals surface area contributed by atoms with Crippen LogP contribution in [0.2, 0.25) is 0 Å². The summed E-state index contributed by atoms with van der Waals surface area (Å²) in [4.78, 5) is 29.8. The Labute approximate surface area is 287 Å². The molecule has 1 fully saturated rings. The molecule has 4 atom stereocenters. The zero-order chi connectivity index (χ0) is 33.9. The predicted molar refractivity (Wildman–Crippen MR) is 188 cm³/mol. The number of fused-ring (bicyclic) bond motifs is 1. The van der Waals surface area contributed by atoms with Crippen molar-refractivity contribution in [2.24, 2.45) is 5.92 Å². The highest BCUT2D eigenvalue weighted by Gasteiger charge is 2.39. The molecule has 5 aromatic rings. The standard InChI is InChI=1S/C42H40N2O5/c1-28-38(26-43(2)24-29-10-4-3-5-11-29)48-42(49-39(28)32-18-16-30(27-45)17-19-32)33-22-20-31(21-23-33)35-13-7-6-12-34(35)25-44-40(46)36-14-8-9-15-37(36)41(44)47/h3-23,28,38-39,42,45H,24-27H2,1-2H3/t28-,38+,39+,42+/m1/s1. The molecule has 5 aromatic carbocycles. The number of ether oxygens (including phenoxy) is 2. The van der Waals surface area contributed by atoms with Gasteiger partial charge < -0.3 is 14.6 Å². The van der Waals surface area contributed by atoms with Gasteiger partial charge in [0.25, 0.3) is 11.8 Å². The van der Waals surface area contributed by atoms with E-state index in [9.17, 15) is 14.7 Å². The molecule has 0 bridgehead atoms. The number of carbonyl (C=O) groups excluding carboxylic acids is 2. The summed E-state index contributed by atoms with van der Waals surface area (Å²) in [6, 6.07) is 41.4. The molecule has 0 spiro atoms. The number of likely N-dealkylation sites (N-methyl/N-ethyl adjacent to an activating group) is 1. The van der Waals surface area contributed by atoms with E-state index in [1.54, 1.807) is 24.3 Å². The highest BCUT2D eigenvalue weighted by molar-refractivity contribution is 6.21. The van der Waals surface area contributed by atoms with Gasteiger partial charge in [0.15, 0.2) is 6.29 Å². The molecule has 7 nitrogen and oxygen atoms in total. The zero-order valence-corrected chi connectivity index (χ0v) is 27.7. The fourth-order valence-corrected chi connectivity index (χ4v) is 6.91. The maximum absolute atomic E-state index is 13.1. The molecule has 7 heteroatoms. The molecule has 49 heavy (non-hydrogen) atoms. The molecule has 2 amide bonds. The van der Waals surface area contributed by atoms with Crippen LogP contribution >= 0.6 is 0 Å². The number of benzene rings is 5. The molecule has 1 N–H and O–H groups in total. The summed E-state index contributed by atoms with van der Waals surface area (Å²) in [5.41, 5.74) is 7.76. The Morgan fingerprint density at radius 1 is 0.673 bits per heavy atom. The van der Waals surface area contributed by atoms with Crippen molar-refractivity contribution < 1.29 is 24.2 Å². The molecule has 248 valence electrons. The van der Waals surface area contributed by atoms with Crippen LogP contribution < -0.4 is 0 Å². The fourth-order valence-electron chi connectivity index (χ4n) is 6.91. The first kappa shape index (κ1) is 32.6. The number of rotatable bonds is 10. The third-order valence-electron chi connectivity index (χ3n) is 9.63. The zero-order valence-electron chi connectivity index (χ0n) is 27.7. The second-order valence-corrected chi connectivity index (χ2v) is 13.0. The van der Waals surface area contributed by atoms with Crippen molar-refractivity contribution in [2.45, 2.75) is 45.1 Å². The van der Waals surface area contributed by atoms with Gasteiger partial charge in [-0.15, -0.1) is 0 Å². The van der Waals surface area contributed by atoms with E-state index in [4.69, 9.17) is 9.47 Å². The van der Waals surface area contributed by atoms with E-state index in [1.807, 2.05) is 78.9 Å². The minimum atomic E-state index is -0.587. The smallest absolute Gasteiger partial charge is 0.261 e. The van der Waals surface area contributed by atoms with Gasteiger partial charge in [0.1, 0.15) is 0 Å². The number of imide groups is 1. The highest BCUT2D eigenvalue weighted by atomic mass is 16.7. The van der Waals surface area contributed by atoms with Gasteiger partial charge >= 0.3 is 0 Å². The van der Waals surface area contributed by atoms with Crippen LogP contribution in [-0.4, -0.2) is 46.4 Å². The topological polar surface area (TPSA) is 79.3 Å². The van der Waals surface area contributed by atoms with Gasteiger partial charge in [-0.25, -0.2) is 0 Å². The lowest BCUT2D eigenvalue weighted by Gasteiger charge is -2.42. The summed E-state index contributed by atoms with van der Waals surface area (Å²) in [6.07, 6.45) is -0.895. The predicted octanol–water partition coefficient (Wildman–Crippen LogP) is 7.57. The van der Waals surface area contributed by atoms with E-state index in [0.29, 0.717) is 11.1 Å². The van der Waals surface area contributed by atoms with Crippen molar-refractivity contribution in [1.29, 1.82) is 0 Å². The molecule has 2 aliphatic rings. The minimum absolute atomic E-state index is 0.00618. The fraction of sp³-hybridized carbons (Fsp3) is 0.238. The van der Waals surface area contributed by atoms with E-state index in [1.165, 1.54) is 10.5 Å². The summed E-state index contributed by atoms with van der Waals surface area (Å²) in [7, 11) is 2.12. The van der Waals surface area contributed by atoms with Crippen LogP contribution in [0.1, 0.15) is 67.9 Å². The number of nitrogens with zero attached hydrogens (tertiary/aromatic N) is 2. The van der Waals surface area contributed by atoms with Crippen LogP contribution in [0.15, 0.2) is 127 Å². The number of carbonyl (C=O) groups is 2. The average molecular weight is 653 g/mol. The SMILES string of the molecule is C[C@@H]1[C@H](CN(C)Cc2ccccc2)O[C@H](c2ccc(-c3ccccc3CN3C(=O)c4ccccc4C3=O)cc2)O[C@@H]1c1ccc(CO)cc1. The van der Waals surface area contributed by atoms with E-state index in [0.717, 1.165) is 46.5 Å². The van der Waals surface area contributed by atoms with Gasteiger partial charge in [-0.3, -0.25) is 19.4 Å². The Hall–Kier alpha value is -4.92. The minimum Gasteiger partial charge on any atom is -0.392 e. The Balaban J connectivity index is 1.12. The van der Waals surface area contributed by atoms with Gasteiger partial charge in [-0.1, -0.05) is 122 Å². The molecular formula is C42H40N2O5. The lowest BCUT2D eigenvalue weighted by molar-refractivity contribution is -0.276. The second kappa shape index (κ2) is 14.3. The van der Waals surface area contributed by atoms with E-state index < -0.39 is 6.29 Å². The Kier molecular flexibility index (Phi) is 9.51. The molecule has 1 saturated heterocycles. The number of aliphatic hydroxyl groups is 1. The Bertz CT molecular complexity index is 1890. The van der Waals surface area contributed by atoms with E-state index in [-0.39, 0.29) is 43.1 Å². The average Bonchev–Trinajstić information content (AvgIpc) is 3.38. The first-order valence-electron chi connectivity index (χ1n) is 16.8. The summed E-state index contributed by atoms with van der Waals surface area (Å²) >= 11 is 0. The van der Waals surface area contributed by atoms with Crippen LogP contribution in [-0.2, 0) is 29.2 Å². The molecule has 0 radical (unpaired) electrons. The van der Waals surface area contributed by atoms with Crippen molar-refractivity contribution >= 4 is 11.8 Å². The molecule has 2 heterocycles. The molecule has 0 saturated carbocycles.